The van der Waals surface area contributed by atoms with Crippen molar-refractivity contribution in [3.8, 4) is 0 Å². The molecular formula is C15H18Cl2N2O. The summed E-state index contributed by atoms with van der Waals surface area (Å²) >= 11 is 12.5. The van der Waals surface area contributed by atoms with E-state index in [1.54, 1.807) is 7.11 Å². The average Bonchev–Trinajstić information content (AvgIpc) is 3.01. The van der Waals surface area contributed by atoms with Gasteiger partial charge in [0.2, 0.25) is 0 Å². The van der Waals surface area contributed by atoms with Gasteiger partial charge in [-0.1, -0.05) is 11.6 Å². The number of imidazole rings is 1. The quantitative estimate of drug-likeness (QED) is 0.766. The third-order valence-electron chi connectivity index (χ3n) is 4.09. The Morgan fingerprint density at radius 3 is 2.85 bits per heavy atom. The van der Waals surface area contributed by atoms with E-state index in [9.17, 15) is 0 Å². The second-order valence-electron chi connectivity index (χ2n) is 5.41. The van der Waals surface area contributed by atoms with E-state index in [4.69, 9.17) is 27.9 Å². The zero-order valence-electron chi connectivity index (χ0n) is 11.6. The van der Waals surface area contributed by atoms with Crippen LogP contribution in [0.2, 0.25) is 5.02 Å². The summed E-state index contributed by atoms with van der Waals surface area (Å²) in [4.78, 5) is 4.68. The van der Waals surface area contributed by atoms with E-state index in [-0.39, 0.29) is 5.38 Å². The molecule has 20 heavy (non-hydrogen) atoms. The van der Waals surface area contributed by atoms with Crippen LogP contribution in [0.5, 0.6) is 0 Å². The Balaban J connectivity index is 2.11. The minimum Gasteiger partial charge on any atom is -0.381 e. The molecule has 1 aromatic carbocycles. The fourth-order valence-corrected chi connectivity index (χ4v) is 3.44. The molecule has 0 radical (unpaired) electrons. The van der Waals surface area contributed by atoms with Gasteiger partial charge in [-0.25, -0.2) is 4.98 Å². The number of hydrogen-bond donors (Lipinski definition) is 0. The smallest absolute Gasteiger partial charge is 0.127 e. The second kappa shape index (κ2) is 5.55. The van der Waals surface area contributed by atoms with Crippen molar-refractivity contribution >= 4 is 34.2 Å². The van der Waals surface area contributed by atoms with E-state index in [0.717, 1.165) is 41.1 Å². The first kappa shape index (κ1) is 14.2. The van der Waals surface area contributed by atoms with E-state index in [2.05, 4.69) is 9.55 Å². The van der Waals surface area contributed by atoms with Gasteiger partial charge in [0.15, 0.2) is 0 Å². The Labute approximate surface area is 128 Å². The fourth-order valence-electron chi connectivity index (χ4n) is 3.12. The van der Waals surface area contributed by atoms with Crippen molar-refractivity contribution in [2.45, 2.75) is 43.7 Å². The molecule has 0 bridgehead atoms. The van der Waals surface area contributed by atoms with Crippen molar-refractivity contribution in [3.05, 3.63) is 29.0 Å². The molecule has 108 valence electrons. The van der Waals surface area contributed by atoms with Gasteiger partial charge in [0.1, 0.15) is 5.82 Å². The minimum atomic E-state index is -0.122. The standard InChI is InChI=1S/C15H18Cl2N2O/c1-9(16)15-18-13-6-3-10(17)7-14(13)19(15)11-4-5-12(8-11)20-2/h3,6-7,9,11-12H,4-5,8H2,1-2H3. The summed E-state index contributed by atoms with van der Waals surface area (Å²) in [5, 5.41) is 0.608. The van der Waals surface area contributed by atoms with Gasteiger partial charge >= 0.3 is 0 Å². The maximum atomic E-state index is 6.32. The Hall–Kier alpha value is -0.770. The third kappa shape index (κ3) is 2.43. The van der Waals surface area contributed by atoms with Gasteiger partial charge in [-0.2, -0.15) is 0 Å². The van der Waals surface area contributed by atoms with Crippen LogP contribution in [0.4, 0.5) is 0 Å². The molecule has 0 amide bonds. The van der Waals surface area contributed by atoms with Crippen LogP contribution in [0, 0.1) is 0 Å². The van der Waals surface area contributed by atoms with Crippen LogP contribution in [-0.2, 0) is 4.74 Å². The third-order valence-corrected chi connectivity index (χ3v) is 4.52. The van der Waals surface area contributed by atoms with Crippen LogP contribution in [-0.4, -0.2) is 22.8 Å². The first-order valence-electron chi connectivity index (χ1n) is 6.94. The molecule has 1 fully saturated rings. The fraction of sp³-hybridized carbons (Fsp3) is 0.533. The molecule has 0 aliphatic heterocycles. The second-order valence-corrected chi connectivity index (χ2v) is 6.50. The van der Waals surface area contributed by atoms with Gasteiger partial charge < -0.3 is 9.30 Å². The Morgan fingerprint density at radius 1 is 1.40 bits per heavy atom. The number of methoxy groups -OCH3 is 1. The summed E-state index contributed by atoms with van der Waals surface area (Å²) in [6, 6.07) is 6.20. The first-order chi connectivity index (χ1) is 9.60. The largest absolute Gasteiger partial charge is 0.381 e. The number of nitrogens with zero attached hydrogens (tertiary/aromatic N) is 2. The lowest BCUT2D eigenvalue weighted by Gasteiger charge is -2.18. The van der Waals surface area contributed by atoms with Crippen LogP contribution in [0.3, 0.4) is 0 Å². The lowest BCUT2D eigenvalue weighted by atomic mass is 10.2. The van der Waals surface area contributed by atoms with Gasteiger partial charge in [0.05, 0.1) is 22.5 Å². The van der Waals surface area contributed by atoms with Crippen LogP contribution in [0.25, 0.3) is 11.0 Å². The highest BCUT2D eigenvalue weighted by molar-refractivity contribution is 6.31. The molecular weight excluding hydrogens is 295 g/mol. The highest BCUT2D eigenvalue weighted by Gasteiger charge is 2.29. The Kier molecular flexibility index (Phi) is 3.93. The number of rotatable bonds is 3. The van der Waals surface area contributed by atoms with Crippen molar-refractivity contribution in [1.29, 1.82) is 0 Å². The van der Waals surface area contributed by atoms with Crippen LogP contribution >= 0.6 is 23.2 Å². The molecule has 2 aromatic rings. The Morgan fingerprint density at radius 2 is 2.20 bits per heavy atom. The molecule has 3 nitrogen and oxygen atoms in total. The molecule has 1 saturated carbocycles. The summed E-state index contributed by atoms with van der Waals surface area (Å²) in [5.41, 5.74) is 2.03. The van der Waals surface area contributed by atoms with Crippen LogP contribution in [0.1, 0.15) is 43.4 Å². The van der Waals surface area contributed by atoms with E-state index in [1.807, 2.05) is 25.1 Å². The van der Waals surface area contributed by atoms with Gasteiger partial charge in [-0.15, -0.1) is 11.6 Å². The number of benzene rings is 1. The molecule has 0 spiro atoms. The molecule has 0 N–H and O–H groups in total. The maximum absolute atomic E-state index is 6.32. The lowest BCUT2D eigenvalue weighted by Crippen LogP contribution is -2.12. The van der Waals surface area contributed by atoms with Gasteiger partial charge in [0, 0.05) is 18.2 Å². The number of halogens is 2. The van der Waals surface area contributed by atoms with E-state index in [0.29, 0.717) is 12.1 Å². The number of alkyl halides is 1. The van der Waals surface area contributed by atoms with Crippen LogP contribution in [0.15, 0.2) is 18.2 Å². The minimum absolute atomic E-state index is 0.122. The number of aromatic nitrogens is 2. The molecule has 3 unspecified atom stereocenters. The normalized spacial score (nSPS) is 24.4. The summed E-state index contributed by atoms with van der Waals surface area (Å²) in [6.45, 7) is 1.96. The summed E-state index contributed by atoms with van der Waals surface area (Å²) in [5.74, 6) is 0.922. The molecule has 0 saturated heterocycles. The van der Waals surface area contributed by atoms with E-state index >= 15 is 0 Å². The predicted molar refractivity (Wildman–Crippen MR) is 82.7 cm³/mol. The molecule has 3 rings (SSSR count). The first-order valence-corrected chi connectivity index (χ1v) is 7.76. The SMILES string of the molecule is COC1CCC(n2c(C(C)Cl)nc3ccc(Cl)cc32)C1. The predicted octanol–water partition coefficient (Wildman–Crippen LogP) is 4.73. The lowest BCUT2D eigenvalue weighted by molar-refractivity contribution is 0.106. The molecule has 1 aliphatic rings. The highest BCUT2D eigenvalue weighted by atomic mass is 35.5. The molecule has 5 heteroatoms. The monoisotopic (exact) mass is 312 g/mol. The van der Waals surface area contributed by atoms with Crippen molar-refractivity contribution in [1.82, 2.24) is 9.55 Å². The molecule has 3 atom stereocenters. The number of hydrogen-bond acceptors (Lipinski definition) is 2. The zero-order chi connectivity index (χ0) is 14.3. The van der Waals surface area contributed by atoms with Gasteiger partial charge in [-0.3, -0.25) is 0 Å². The summed E-state index contributed by atoms with van der Waals surface area (Å²) < 4.78 is 7.74. The maximum Gasteiger partial charge on any atom is 0.127 e. The summed E-state index contributed by atoms with van der Waals surface area (Å²) in [7, 11) is 1.78. The molecule has 1 aliphatic carbocycles. The number of ether oxygens (including phenoxy) is 1. The molecule has 1 aromatic heterocycles. The van der Waals surface area contributed by atoms with Gasteiger partial charge in [-0.05, 0) is 44.4 Å². The van der Waals surface area contributed by atoms with Crippen molar-refractivity contribution in [2.24, 2.45) is 0 Å². The summed E-state index contributed by atoms with van der Waals surface area (Å²) in [6.07, 6.45) is 3.51. The average molecular weight is 313 g/mol. The van der Waals surface area contributed by atoms with Crippen molar-refractivity contribution < 1.29 is 4.74 Å². The number of fused-ring (bicyclic) bond motifs is 1. The topological polar surface area (TPSA) is 27.1 Å². The van der Waals surface area contributed by atoms with E-state index in [1.165, 1.54) is 0 Å². The van der Waals surface area contributed by atoms with Crippen LogP contribution < -0.4 is 0 Å². The van der Waals surface area contributed by atoms with E-state index < -0.39 is 0 Å². The van der Waals surface area contributed by atoms with Crippen molar-refractivity contribution in [3.63, 3.8) is 0 Å². The Bertz CT molecular complexity index is 624. The van der Waals surface area contributed by atoms with Crippen molar-refractivity contribution in [2.75, 3.05) is 7.11 Å². The van der Waals surface area contributed by atoms with Gasteiger partial charge in [0.25, 0.3) is 0 Å². The molecule has 1 heterocycles. The zero-order valence-corrected chi connectivity index (χ0v) is 13.2. The highest BCUT2D eigenvalue weighted by Crippen LogP contribution is 2.38.